The average Bonchev–Trinajstić information content (AvgIpc) is 3.14. The Labute approximate surface area is 116 Å². The summed E-state index contributed by atoms with van der Waals surface area (Å²) in [6.45, 7) is 1.97. The van der Waals surface area contributed by atoms with E-state index in [1.165, 1.54) is 12.8 Å². The summed E-state index contributed by atoms with van der Waals surface area (Å²) in [7, 11) is 0. The van der Waals surface area contributed by atoms with E-state index < -0.39 is 0 Å². The quantitative estimate of drug-likeness (QED) is 0.903. The van der Waals surface area contributed by atoms with Crippen molar-refractivity contribution in [2.45, 2.75) is 25.8 Å². The van der Waals surface area contributed by atoms with E-state index in [0.29, 0.717) is 21.7 Å². The van der Waals surface area contributed by atoms with E-state index in [4.69, 9.17) is 27.9 Å². The zero-order valence-electron chi connectivity index (χ0n) is 10.1. The van der Waals surface area contributed by atoms with Crippen LogP contribution in [-0.4, -0.2) is 18.6 Å². The molecule has 1 N–H and O–H groups in total. The van der Waals surface area contributed by atoms with E-state index in [1.54, 1.807) is 18.2 Å². The van der Waals surface area contributed by atoms with E-state index in [2.05, 4.69) is 5.32 Å². The van der Waals surface area contributed by atoms with E-state index in [1.807, 2.05) is 6.92 Å². The molecule has 5 heteroatoms. The monoisotopic (exact) mass is 287 g/mol. The Kier molecular flexibility index (Phi) is 4.36. The van der Waals surface area contributed by atoms with Crippen molar-refractivity contribution in [3.05, 3.63) is 28.2 Å². The number of benzene rings is 1. The highest BCUT2D eigenvalue weighted by molar-refractivity contribution is 6.34. The molecule has 98 valence electrons. The standard InChI is InChI=1S/C13H15Cl2NO2/c1-8(9-2-3-9)16-13(17)7-18-12-6-10(14)4-5-11(12)15/h4-6,8-9H,2-3,7H2,1H3,(H,16,17). The second-order valence-electron chi connectivity index (χ2n) is 4.56. The Morgan fingerprint density at radius 2 is 2.22 bits per heavy atom. The third kappa shape index (κ3) is 3.79. The molecule has 0 radical (unpaired) electrons. The molecule has 0 heterocycles. The lowest BCUT2D eigenvalue weighted by Crippen LogP contribution is -2.37. The van der Waals surface area contributed by atoms with Gasteiger partial charge < -0.3 is 10.1 Å². The molecular weight excluding hydrogens is 273 g/mol. The summed E-state index contributed by atoms with van der Waals surface area (Å²) in [4.78, 5) is 11.6. The fourth-order valence-electron chi connectivity index (χ4n) is 1.74. The highest BCUT2D eigenvalue weighted by atomic mass is 35.5. The van der Waals surface area contributed by atoms with Crippen LogP contribution in [0.4, 0.5) is 0 Å². The maximum atomic E-state index is 11.6. The Bertz CT molecular complexity index is 447. The van der Waals surface area contributed by atoms with Crippen molar-refractivity contribution < 1.29 is 9.53 Å². The maximum Gasteiger partial charge on any atom is 0.258 e. The lowest BCUT2D eigenvalue weighted by Gasteiger charge is -2.13. The lowest BCUT2D eigenvalue weighted by atomic mass is 10.2. The number of hydrogen-bond acceptors (Lipinski definition) is 2. The molecule has 0 bridgehead atoms. The van der Waals surface area contributed by atoms with Gasteiger partial charge in [0.25, 0.3) is 5.91 Å². The topological polar surface area (TPSA) is 38.3 Å². The Morgan fingerprint density at radius 3 is 2.89 bits per heavy atom. The van der Waals surface area contributed by atoms with Gasteiger partial charge in [0.05, 0.1) is 5.02 Å². The zero-order chi connectivity index (χ0) is 13.1. The van der Waals surface area contributed by atoms with Crippen molar-refractivity contribution in [1.29, 1.82) is 0 Å². The molecule has 1 aliphatic rings. The molecule has 2 rings (SSSR count). The highest BCUT2D eigenvalue weighted by Gasteiger charge is 2.28. The van der Waals surface area contributed by atoms with E-state index >= 15 is 0 Å². The van der Waals surface area contributed by atoms with Gasteiger partial charge in [0, 0.05) is 17.1 Å². The molecule has 0 saturated heterocycles. The first-order valence-electron chi connectivity index (χ1n) is 5.93. The second kappa shape index (κ2) is 5.81. The average molecular weight is 288 g/mol. The van der Waals surface area contributed by atoms with Crippen molar-refractivity contribution in [1.82, 2.24) is 5.32 Å². The fourth-order valence-corrected chi connectivity index (χ4v) is 2.07. The summed E-state index contributed by atoms with van der Waals surface area (Å²) < 4.78 is 5.35. The van der Waals surface area contributed by atoms with Crippen molar-refractivity contribution in [2.75, 3.05) is 6.61 Å². The summed E-state index contributed by atoms with van der Waals surface area (Å²) in [6.07, 6.45) is 2.39. The molecule has 1 unspecified atom stereocenters. The van der Waals surface area contributed by atoms with Crippen LogP contribution in [0.15, 0.2) is 18.2 Å². The largest absolute Gasteiger partial charge is 0.482 e. The molecule has 1 atom stereocenters. The van der Waals surface area contributed by atoms with Crippen LogP contribution in [0, 0.1) is 5.92 Å². The van der Waals surface area contributed by atoms with Crippen molar-refractivity contribution >= 4 is 29.1 Å². The van der Waals surface area contributed by atoms with Crippen LogP contribution < -0.4 is 10.1 Å². The van der Waals surface area contributed by atoms with Crippen LogP contribution in [0.1, 0.15) is 19.8 Å². The molecular formula is C13H15Cl2NO2. The smallest absolute Gasteiger partial charge is 0.258 e. The minimum absolute atomic E-state index is 0.0445. The molecule has 1 fully saturated rings. The van der Waals surface area contributed by atoms with Gasteiger partial charge in [0.2, 0.25) is 0 Å². The van der Waals surface area contributed by atoms with Gasteiger partial charge in [-0.25, -0.2) is 0 Å². The predicted octanol–water partition coefficient (Wildman–Crippen LogP) is 3.29. The molecule has 18 heavy (non-hydrogen) atoms. The summed E-state index contributed by atoms with van der Waals surface area (Å²) >= 11 is 11.8. The van der Waals surface area contributed by atoms with Gasteiger partial charge in [-0.1, -0.05) is 23.2 Å². The summed E-state index contributed by atoms with van der Waals surface area (Å²) in [5.41, 5.74) is 0. The van der Waals surface area contributed by atoms with Crippen LogP contribution >= 0.6 is 23.2 Å². The van der Waals surface area contributed by atoms with Crippen molar-refractivity contribution in [3.63, 3.8) is 0 Å². The molecule has 1 aromatic carbocycles. The van der Waals surface area contributed by atoms with Gasteiger partial charge in [0.1, 0.15) is 5.75 Å². The summed E-state index contributed by atoms with van der Waals surface area (Å²) in [6, 6.07) is 5.13. The lowest BCUT2D eigenvalue weighted by molar-refractivity contribution is -0.123. The van der Waals surface area contributed by atoms with Gasteiger partial charge in [0.15, 0.2) is 6.61 Å². The first-order chi connectivity index (χ1) is 8.56. The minimum atomic E-state index is -0.134. The SMILES string of the molecule is CC(NC(=O)COc1cc(Cl)ccc1Cl)C1CC1. The van der Waals surface area contributed by atoms with Gasteiger partial charge in [-0.2, -0.15) is 0 Å². The zero-order valence-corrected chi connectivity index (χ0v) is 11.6. The van der Waals surface area contributed by atoms with E-state index in [9.17, 15) is 4.79 Å². The molecule has 1 aliphatic carbocycles. The maximum absolute atomic E-state index is 11.6. The predicted molar refractivity (Wildman–Crippen MR) is 72.3 cm³/mol. The number of hydrogen-bond donors (Lipinski definition) is 1. The summed E-state index contributed by atoms with van der Waals surface area (Å²) in [5.74, 6) is 0.924. The Balaban J connectivity index is 1.82. The minimum Gasteiger partial charge on any atom is -0.482 e. The van der Waals surface area contributed by atoms with Gasteiger partial charge in [-0.05, 0) is 37.8 Å². The molecule has 1 saturated carbocycles. The number of nitrogens with one attached hydrogen (secondary N) is 1. The van der Waals surface area contributed by atoms with Crippen molar-refractivity contribution in [3.8, 4) is 5.75 Å². The summed E-state index contributed by atoms with van der Waals surface area (Å²) in [5, 5.41) is 3.88. The number of carbonyl (C=O) groups is 1. The van der Waals surface area contributed by atoms with Crippen molar-refractivity contribution in [2.24, 2.45) is 5.92 Å². The van der Waals surface area contributed by atoms with Gasteiger partial charge in [-0.3, -0.25) is 4.79 Å². The third-order valence-corrected chi connectivity index (χ3v) is 3.52. The molecule has 0 aliphatic heterocycles. The first kappa shape index (κ1) is 13.5. The number of halogens is 2. The number of amides is 1. The highest BCUT2D eigenvalue weighted by Crippen LogP contribution is 2.32. The number of rotatable bonds is 5. The number of ether oxygens (including phenoxy) is 1. The van der Waals surface area contributed by atoms with Gasteiger partial charge in [-0.15, -0.1) is 0 Å². The van der Waals surface area contributed by atoms with E-state index in [0.717, 1.165) is 0 Å². The van der Waals surface area contributed by atoms with E-state index in [-0.39, 0.29) is 18.6 Å². The molecule has 1 aromatic rings. The molecule has 3 nitrogen and oxygen atoms in total. The van der Waals surface area contributed by atoms with Crippen LogP contribution in [0.2, 0.25) is 10.0 Å². The first-order valence-corrected chi connectivity index (χ1v) is 6.69. The normalized spacial score (nSPS) is 16.2. The fraction of sp³-hybridized carbons (Fsp3) is 0.462. The van der Waals surface area contributed by atoms with Gasteiger partial charge >= 0.3 is 0 Å². The Hall–Kier alpha value is -0.930. The van der Waals surface area contributed by atoms with Crippen LogP contribution in [0.25, 0.3) is 0 Å². The van der Waals surface area contributed by atoms with Crippen LogP contribution in [0.3, 0.4) is 0 Å². The second-order valence-corrected chi connectivity index (χ2v) is 5.40. The van der Waals surface area contributed by atoms with Crippen LogP contribution in [-0.2, 0) is 4.79 Å². The molecule has 0 spiro atoms. The Morgan fingerprint density at radius 1 is 1.50 bits per heavy atom. The molecule has 0 aromatic heterocycles. The molecule has 1 amide bonds. The number of carbonyl (C=O) groups excluding carboxylic acids is 1. The van der Waals surface area contributed by atoms with Crippen LogP contribution in [0.5, 0.6) is 5.75 Å². The third-order valence-electron chi connectivity index (χ3n) is 2.97.